The summed E-state index contributed by atoms with van der Waals surface area (Å²) in [7, 11) is -24.2. The van der Waals surface area contributed by atoms with Crippen molar-refractivity contribution in [2.45, 2.75) is 50.4 Å². The van der Waals surface area contributed by atoms with Gasteiger partial charge in [0.15, 0.2) is 21.1 Å². The number of hydrogen-bond donors (Lipinski definition) is 7. The van der Waals surface area contributed by atoms with Gasteiger partial charge in [0.05, 0.1) is 22.5 Å². The van der Waals surface area contributed by atoms with Crippen molar-refractivity contribution >= 4 is 101 Å². The van der Waals surface area contributed by atoms with Crippen molar-refractivity contribution in [1.82, 2.24) is 4.90 Å². The topological polar surface area (TPSA) is 367 Å². The zero-order valence-electron chi connectivity index (χ0n) is 37.9. The average Bonchev–Trinajstić information content (AvgIpc) is 3.31. The van der Waals surface area contributed by atoms with Crippen LogP contribution in [0, 0.1) is 0 Å². The van der Waals surface area contributed by atoms with Crippen LogP contribution in [0.3, 0.4) is 0 Å². The van der Waals surface area contributed by atoms with E-state index in [-0.39, 0.29) is 81.0 Å². The normalized spacial score (nSPS) is 13.0. The molecule has 0 bridgehead atoms. The molecule has 0 radical (unpaired) electrons. The minimum absolute atomic E-state index is 0.0173. The quantitative estimate of drug-likeness (QED) is 0.0407. The molecule has 2 aliphatic rings. The first-order chi connectivity index (χ1) is 34.5. The zero-order valence-corrected chi connectivity index (χ0v) is 42.0. The maximum absolute atomic E-state index is 14.2. The number of carbonyl (C=O) groups is 2. The van der Waals surface area contributed by atoms with E-state index in [0.29, 0.717) is 10.9 Å². The van der Waals surface area contributed by atoms with E-state index in [1.54, 1.807) is 12.1 Å². The second-order valence-corrected chi connectivity index (χ2v) is 23.6. The average molecular weight is 1110 g/mol. The number of carboxylic acids is 1. The molecule has 22 nitrogen and oxygen atoms in total. The van der Waals surface area contributed by atoms with E-state index in [4.69, 9.17) is 4.42 Å². The van der Waals surface area contributed by atoms with Crippen LogP contribution in [0.1, 0.15) is 34.3 Å². The van der Waals surface area contributed by atoms with Gasteiger partial charge in [0, 0.05) is 59.4 Å². The lowest BCUT2D eigenvalue weighted by Crippen LogP contribution is -2.28. The molecule has 7 N–H and O–H groups in total. The lowest BCUT2D eigenvalue weighted by molar-refractivity contribution is -0.137. The van der Waals surface area contributed by atoms with Crippen molar-refractivity contribution in [3.63, 3.8) is 0 Å². The third kappa shape index (κ3) is 10.9. The Balaban J connectivity index is 1.38. The largest absolute Gasteiger partial charge is 0.481 e. The molecule has 0 fully saturated rings. The van der Waals surface area contributed by atoms with Gasteiger partial charge in [-0.15, -0.1) is 0 Å². The number of benzene rings is 7. The molecule has 6 aromatic rings. The molecule has 1 heterocycles. The molecule has 0 atom stereocenters. The Bertz CT molecular complexity index is 4310. The summed E-state index contributed by atoms with van der Waals surface area (Å²) >= 11 is 0. The predicted octanol–water partition coefficient (Wildman–Crippen LogP) is 6.39. The molecular weight excluding hydrogens is 1070 g/mol. The van der Waals surface area contributed by atoms with Gasteiger partial charge in [-0.1, -0.05) is 48.5 Å². The minimum Gasteiger partial charge on any atom is -0.481 e. The fraction of sp³-hybridized carbons (Fsp3) is 0.128. The summed E-state index contributed by atoms with van der Waals surface area (Å²) in [5, 5.41) is 11.6. The number of carboxylic acid groups (broad SMARTS) is 1. The van der Waals surface area contributed by atoms with Crippen molar-refractivity contribution in [3.8, 4) is 22.5 Å². The number of aliphatic carboxylic acids is 1. The van der Waals surface area contributed by atoms with Gasteiger partial charge in [0.1, 0.15) is 9.79 Å². The third-order valence-electron chi connectivity index (χ3n) is 11.7. The highest BCUT2D eigenvalue weighted by Crippen LogP contribution is 2.46. The van der Waals surface area contributed by atoms with Crippen LogP contribution in [0.25, 0.3) is 55.0 Å². The molecule has 0 unspecified atom stereocenters. The molecule has 6 aromatic carbocycles. The summed E-state index contributed by atoms with van der Waals surface area (Å²) in [4.78, 5) is 27.0. The highest BCUT2D eigenvalue weighted by molar-refractivity contribution is 7.87. The van der Waals surface area contributed by atoms with Crippen molar-refractivity contribution in [2.24, 2.45) is 4.99 Å². The predicted molar refractivity (Wildman–Crippen MR) is 266 cm³/mol. The van der Waals surface area contributed by atoms with Gasteiger partial charge in [0.25, 0.3) is 56.5 Å². The SMILES string of the molecule is CN(CCCC(=O)O)C(=O)c1ccccc1-c1c2ccc(=NCc3cc(S(=O)(=O)O)c4cc(S(=O)(=O)O)ccc4c3)c(S(=O)(=O)O)c-2oc2c(S(=O)(=O)O)c(NCc3ccc4cccc(S(=O)(=O)O)c4c3)ccc12. The van der Waals surface area contributed by atoms with Crippen molar-refractivity contribution in [1.29, 1.82) is 0 Å². The molecule has 8 rings (SSSR count). The van der Waals surface area contributed by atoms with Gasteiger partial charge in [-0.25, -0.2) is 0 Å². The Labute approximate surface area is 421 Å². The van der Waals surface area contributed by atoms with Crippen LogP contribution >= 0.6 is 0 Å². The molecule has 0 saturated carbocycles. The Morgan fingerprint density at radius 3 is 1.95 bits per heavy atom. The monoisotopic (exact) mass is 1110 g/mol. The summed E-state index contributed by atoms with van der Waals surface area (Å²) in [6, 6.07) is 24.5. The van der Waals surface area contributed by atoms with Crippen molar-refractivity contribution < 1.29 is 84.0 Å². The Morgan fingerprint density at radius 2 is 1.28 bits per heavy atom. The Hall–Kier alpha value is -7.18. The molecule has 74 heavy (non-hydrogen) atoms. The first kappa shape index (κ1) is 53.1. The number of hydrogen-bond acceptors (Lipinski definition) is 15. The summed E-state index contributed by atoms with van der Waals surface area (Å²) in [6.45, 7) is -0.929. The highest BCUT2D eigenvalue weighted by Gasteiger charge is 2.33. The molecule has 1 aliphatic carbocycles. The van der Waals surface area contributed by atoms with E-state index in [0.717, 1.165) is 30.3 Å². The molecule has 1 amide bonds. The summed E-state index contributed by atoms with van der Waals surface area (Å²) in [5.74, 6) is -2.55. The van der Waals surface area contributed by atoms with Crippen molar-refractivity contribution in [2.75, 3.05) is 18.9 Å². The van der Waals surface area contributed by atoms with E-state index in [1.165, 1.54) is 84.7 Å². The van der Waals surface area contributed by atoms with E-state index in [9.17, 15) is 79.5 Å². The summed E-state index contributed by atoms with van der Waals surface area (Å²) in [6.07, 6.45) is -0.220. The summed E-state index contributed by atoms with van der Waals surface area (Å²) in [5.41, 5.74) is -1.09. The zero-order chi connectivity index (χ0) is 53.9. The van der Waals surface area contributed by atoms with Gasteiger partial charge in [0.2, 0.25) is 0 Å². The van der Waals surface area contributed by atoms with Gasteiger partial charge in [-0.3, -0.25) is 37.3 Å². The second kappa shape index (κ2) is 19.6. The standard InChI is InChI=1S/C47H39N3O19S5/c1-50(19-5-10-41(51)52)47(53)32-8-3-2-7-31(32)42-33-15-17-37(48-24-26-11-12-28-6-4-9-39(35(28)21-26)71(57,58)59)45(73(63,64)65)43(33)69-44-34(42)16-18-38(46(44)74(66,67)68)49-25-27-20-29-13-14-30(70(54,55)56)23-36(29)40(22-27)72(60,61)62/h2-4,6-9,11-18,20-23,48H,5,10,19,24-25H2,1H3,(H,51,52)(H,54,55,56)(H,57,58,59)(H,60,61,62)(H,63,64,65)(H,66,67,68). The fourth-order valence-corrected chi connectivity index (χ4v) is 12.1. The van der Waals surface area contributed by atoms with Gasteiger partial charge in [-0.05, 0) is 101 Å². The number of anilines is 1. The van der Waals surface area contributed by atoms with E-state index < -0.39 is 110 Å². The van der Waals surface area contributed by atoms with Gasteiger partial charge >= 0.3 is 5.97 Å². The Morgan fingerprint density at radius 1 is 0.608 bits per heavy atom. The highest BCUT2D eigenvalue weighted by atomic mass is 32.2. The number of rotatable bonds is 16. The molecule has 386 valence electrons. The van der Waals surface area contributed by atoms with Crippen LogP contribution < -0.4 is 10.7 Å². The molecule has 1 aliphatic heterocycles. The van der Waals surface area contributed by atoms with Crippen LogP contribution in [0.5, 0.6) is 0 Å². The van der Waals surface area contributed by atoms with Crippen LogP contribution in [0.15, 0.2) is 149 Å². The smallest absolute Gasteiger partial charge is 0.303 e. The number of fused-ring (bicyclic) bond motifs is 4. The lowest BCUT2D eigenvalue weighted by Gasteiger charge is -2.23. The fourth-order valence-electron chi connectivity index (χ4n) is 8.51. The van der Waals surface area contributed by atoms with Crippen LogP contribution in [-0.4, -0.2) is 100 Å². The molecule has 0 aromatic heterocycles. The third-order valence-corrected chi connectivity index (χ3v) is 16.2. The van der Waals surface area contributed by atoms with E-state index >= 15 is 0 Å². The summed E-state index contributed by atoms with van der Waals surface area (Å²) < 4.78 is 186. The molecule has 0 saturated heterocycles. The maximum atomic E-state index is 14.2. The van der Waals surface area contributed by atoms with Crippen molar-refractivity contribution in [3.05, 3.63) is 137 Å². The van der Waals surface area contributed by atoms with Crippen LogP contribution in [0.4, 0.5) is 5.69 Å². The van der Waals surface area contributed by atoms with Crippen LogP contribution in [0.2, 0.25) is 0 Å². The first-order valence-electron chi connectivity index (χ1n) is 21.4. The number of carbonyl (C=O) groups excluding carboxylic acids is 1. The molecule has 0 spiro atoms. The van der Waals surface area contributed by atoms with Gasteiger partial charge < -0.3 is 19.7 Å². The number of nitrogens with one attached hydrogen (secondary N) is 1. The maximum Gasteiger partial charge on any atom is 0.303 e. The van der Waals surface area contributed by atoms with E-state index in [2.05, 4.69) is 10.3 Å². The van der Waals surface area contributed by atoms with Crippen LogP contribution in [-0.2, 0) is 68.5 Å². The molecule has 27 heteroatoms. The minimum atomic E-state index is -5.53. The Kier molecular flexibility index (Phi) is 14.1. The van der Waals surface area contributed by atoms with E-state index in [1.807, 2.05) is 0 Å². The first-order valence-corrected chi connectivity index (χ1v) is 28.6. The second-order valence-electron chi connectivity index (χ2n) is 16.7. The van der Waals surface area contributed by atoms with Gasteiger partial charge in [-0.2, -0.15) is 42.1 Å². The number of amides is 1. The lowest BCUT2D eigenvalue weighted by atomic mass is 9.90. The molecular formula is C47H39N3O19S5. The number of nitrogens with zero attached hydrogens (tertiary/aromatic N) is 2.